The van der Waals surface area contributed by atoms with E-state index in [0.717, 1.165) is 11.5 Å². The van der Waals surface area contributed by atoms with Crippen LogP contribution in [0.15, 0.2) is 10.8 Å². The first kappa shape index (κ1) is 19.9. The van der Waals surface area contributed by atoms with Gasteiger partial charge in [0, 0.05) is 22.6 Å². The Balaban J connectivity index is 0.00000220. The third-order valence-electron chi connectivity index (χ3n) is 3.01. The average Bonchev–Trinajstić information content (AvgIpc) is 2.84. The molecule has 2 atom stereocenters. The third-order valence-corrected chi connectivity index (χ3v) is 4.93. The summed E-state index contributed by atoms with van der Waals surface area (Å²) in [7, 11) is -4.19. The Morgan fingerprint density at radius 1 is 1.48 bits per heavy atom. The zero-order chi connectivity index (χ0) is 14.6. The Kier molecular flexibility index (Phi) is 8.69. The maximum Gasteiger partial charge on any atom is 1.00 e. The molecule has 0 radical (unpaired) electrons. The van der Waals surface area contributed by atoms with Gasteiger partial charge in [0.05, 0.1) is 16.7 Å². The van der Waals surface area contributed by atoms with Gasteiger partial charge in [0.25, 0.3) is 0 Å². The van der Waals surface area contributed by atoms with E-state index in [2.05, 4.69) is 0 Å². The second kappa shape index (κ2) is 9.19. The van der Waals surface area contributed by atoms with Gasteiger partial charge in [0.1, 0.15) is 6.61 Å². The fraction of sp³-hybridized carbons (Fsp3) is 0.667. The second-order valence-electron chi connectivity index (χ2n) is 4.67. The molecule has 9 heteroatoms. The molecule has 0 saturated heterocycles. The molecule has 114 valence electrons. The molecule has 0 saturated carbocycles. The summed E-state index contributed by atoms with van der Waals surface area (Å²) >= 11 is 1.52. The van der Waals surface area contributed by atoms with E-state index < -0.39 is 15.4 Å². The summed E-state index contributed by atoms with van der Waals surface area (Å²) in [5.41, 5.74) is 0. The van der Waals surface area contributed by atoms with Crippen molar-refractivity contribution in [3.63, 3.8) is 0 Å². The van der Waals surface area contributed by atoms with Gasteiger partial charge < -0.3 is 18.8 Å². The van der Waals surface area contributed by atoms with Crippen molar-refractivity contribution in [2.24, 2.45) is 0 Å². The van der Waals surface area contributed by atoms with Crippen molar-refractivity contribution in [2.75, 3.05) is 19.8 Å². The number of ether oxygens (including phenoxy) is 3. The number of rotatable bonds is 7. The standard InChI is InChI=1S/C12H18O6S2.K/c1-9(20(13,14)15)3-2-4-16-5-10-6-17-11-7-19-8-12(11)18-10;/h7-10H,2-6H2,1H3,(H,13,14,15);/q;+1/p-1. The van der Waals surface area contributed by atoms with Crippen LogP contribution in [-0.4, -0.2) is 44.1 Å². The molecular formula is C12H17KO6S2. The molecule has 21 heavy (non-hydrogen) atoms. The molecule has 0 spiro atoms. The predicted molar refractivity (Wildman–Crippen MR) is 73.4 cm³/mol. The molecule has 2 unspecified atom stereocenters. The predicted octanol–water partition coefficient (Wildman–Crippen LogP) is -1.38. The van der Waals surface area contributed by atoms with Gasteiger partial charge in [-0.05, 0) is 19.8 Å². The summed E-state index contributed by atoms with van der Waals surface area (Å²) in [4.78, 5) is 0. The summed E-state index contributed by atoms with van der Waals surface area (Å²) in [5.74, 6) is 1.50. The normalized spacial score (nSPS) is 18.9. The van der Waals surface area contributed by atoms with Crippen LogP contribution in [0.1, 0.15) is 19.8 Å². The van der Waals surface area contributed by atoms with Gasteiger partial charge in [-0.1, -0.05) is 0 Å². The van der Waals surface area contributed by atoms with Gasteiger partial charge >= 0.3 is 51.4 Å². The van der Waals surface area contributed by atoms with Crippen LogP contribution in [0.5, 0.6) is 11.5 Å². The van der Waals surface area contributed by atoms with Gasteiger partial charge in [-0.3, -0.25) is 0 Å². The Labute approximate surface area is 171 Å². The fourth-order valence-corrected chi connectivity index (χ4v) is 2.90. The quantitative estimate of drug-likeness (QED) is 0.339. The van der Waals surface area contributed by atoms with Crippen molar-refractivity contribution in [1.29, 1.82) is 0 Å². The van der Waals surface area contributed by atoms with Crippen LogP contribution in [-0.2, 0) is 14.9 Å². The molecule has 1 aliphatic rings. The minimum atomic E-state index is -4.19. The third kappa shape index (κ3) is 6.44. The Hall–Kier alpha value is 0.806. The van der Waals surface area contributed by atoms with Gasteiger partial charge in [0.15, 0.2) is 17.6 Å². The fourth-order valence-electron chi connectivity index (χ4n) is 1.78. The van der Waals surface area contributed by atoms with Crippen LogP contribution in [0.3, 0.4) is 0 Å². The summed E-state index contributed by atoms with van der Waals surface area (Å²) in [6, 6.07) is 0. The van der Waals surface area contributed by atoms with Gasteiger partial charge in [-0.25, -0.2) is 8.42 Å². The van der Waals surface area contributed by atoms with Crippen LogP contribution in [0.25, 0.3) is 0 Å². The zero-order valence-corrected chi connectivity index (χ0v) is 16.9. The monoisotopic (exact) mass is 360 g/mol. The van der Waals surface area contributed by atoms with Gasteiger partial charge in [-0.15, -0.1) is 11.3 Å². The molecule has 2 rings (SSSR count). The molecule has 0 fully saturated rings. The van der Waals surface area contributed by atoms with E-state index in [-0.39, 0.29) is 57.5 Å². The zero-order valence-electron chi connectivity index (χ0n) is 12.1. The second-order valence-corrected chi connectivity index (χ2v) is 7.21. The number of hydrogen-bond donors (Lipinski definition) is 0. The van der Waals surface area contributed by atoms with Crippen LogP contribution in [0, 0.1) is 0 Å². The molecule has 1 aromatic heterocycles. The van der Waals surface area contributed by atoms with Crippen molar-refractivity contribution >= 4 is 21.5 Å². The Morgan fingerprint density at radius 3 is 2.90 bits per heavy atom. The molecule has 1 aliphatic heterocycles. The summed E-state index contributed by atoms with van der Waals surface area (Å²) in [6.07, 6.45) is 0.681. The minimum Gasteiger partial charge on any atom is -0.748 e. The van der Waals surface area contributed by atoms with E-state index in [1.165, 1.54) is 18.3 Å². The first-order valence-electron chi connectivity index (χ1n) is 6.35. The van der Waals surface area contributed by atoms with Crippen molar-refractivity contribution in [2.45, 2.75) is 31.1 Å². The maximum absolute atomic E-state index is 10.7. The molecule has 1 aromatic rings. The molecule has 0 aromatic carbocycles. The summed E-state index contributed by atoms with van der Waals surface area (Å²) < 4.78 is 48.7. The largest absolute Gasteiger partial charge is 1.00 e. The number of hydrogen-bond acceptors (Lipinski definition) is 7. The van der Waals surface area contributed by atoms with Gasteiger partial charge in [-0.2, -0.15) is 0 Å². The topological polar surface area (TPSA) is 84.9 Å². The van der Waals surface area contributed by atoms with E-state index in [1.54, 1.807) is 0 Å². The van der Waals surface area contributed by atoms with E-state index in [4.69, 9.17) is 14.2 Å². The maximum atomic E-state index is 10.7. The Bertz CT molecular complexity index is 530. The molecule has 0 aliphatic carbocycles. The van der Waals surface area contributed by atoms with E-state index >= 15 is 0 Å². The summed E-state index contributed by atoms with van der Waals surface area (Å²) in [5, 5.41) is 2.90. The minimum absolute atomic E-state index is 0. The van der Waals surface area contributed by atoms with Crippen molar-refractivity contribution < 1.29 is 78.6 Å². The number of thiophene rings is 1. The molecule has 2 heterocycles. The molecule has 0 amide bonds. The first-order chi connectivity index (χ1) is 9.47. The van der Waals surface area contributed by atoms with E-state index in [9.17, 15) is 13.0 Å². The van der Waals surface area contributed by atoms with E-state index in [0.29, 0.717) is 32.7 Å². The van der Waals surface area contributed by atoms with Crippen LogP contribution < -0.4 is 60.9 Å². The molecular weight excluding hydrogens is 343 g/mol. The van der Waals surface area contributed by atoms with Crippen LogP contribution in [0.2, 0.25) is 0 Å². The molecule has 0 bridgehead atoms. The van der Waals surface area contributed by atoms with E-state index in [1.807, 2.05) is 10.8 Å². The van der Waals surface area contributed by atoms with Crippen LogP contribution in [0.4, 0.5) is 0 Å². The van der Waals surface area contributed by atoms with Crippen LogP contribution >= 0.6 is 11.3 Å². The SMILES string of the molecule is CC(CCCOCC1COc2cscc2O1)S(=O)(=O)[O-].[K+]. The smallest absolute Gasteiger partial charge is 0.748 e. The van der Waals surface area contributed by atoms with Crippen molar-refractivity contribution in [3.8, 4) is 11.5 Å². The number of fused-ring (bicyclic) bond motifs is 1. The van der Waals surface area contributed by atoms with Gasteiger partial charge in [0.2, 0.25) is 0 Å². The Morgan fingerprint density at radius 2 is 2.19 bits per heavy atom. The summed E-state index contributed by atoms with van der Waals surface area (Å²) in [6.45, 7) is 2.64. The first-order valence-corrected chi connectivity index (χ1v) is 8.76. The average molecular weight is 360 g/mol. The van der Waals surface area contributed by atoms with Crippen molar-refractivity contribution in [1.82, 2.24) is 0 Å². The van der Waals surface area contributed by atoms with Crippen molar-refractivity contribution in [3.05, 3.63) is 10.8 Å². The molecule has 6 nitrogen and oxygen atoms in total. The molecule has 0 N–H and O–H groups in total.